The van der Waals surface area contributed by atoms with Crippen LogP contribution in [-0.4, -0.2) is 61.5 Å². The number of benzene rings is 1. The molecule has 2 unspecified atom stereocenters. The van der Waals surface area contributed by atoms with Crippen LogP contribution < -0.4 is 5.32 Å². The van der Waals surface area contributed by atoms with Gasteiger partial charge in [0.05, 0.1) is 5.92 Å². The van der Waals surface area contributed by atoms with E-state index in [2.05, 4.69) is 36.0 Å². The molecule has 0 bridgehead atoms. The number of hydrogen-bond acceptors (Lipinski definition) is 3. The maximum absolute atomic E-state index is 12.5. The zero-order valence-electron chi connectivity index (χ0n) is 14.1. The van der Waals surface area contributed by atoms with Crippen molar-refractivity contribution in [1.29, 1.82) is 0 Å². The molecule has 1 aromatic rings. The van der Waals surface area contributed by atoms with E-state index in [1.165, 1.54) is 0 Å². The van der Waals surface area contributed by atoms with Gasteiger partial charge in [0.2, 0.25) is 5.91 Å². The zero-order valence-corrected chi connectivity index (χ0v) is 14.1. The van der Waals surface area contributed by atoms with Crippen molar-refractivity contribution in [2.24, 2.45) is 0 Å². The minimum atomic E-state index is -0.0408. The summed E-state index contributed by atoms with van der Waals surface area (Å²) in [5.41, 5.74) is 1.11. The maximum Gasteiger partial charge on any atom is 0.227 e. The molecule has 4 nitrogen and oxygen atoms in total. The standard InChI is InChI=1S/C18H29N3O/c1-4-17(16-8-6-5-7-9-16)18(22)19-14-15(2)21-12-10-20(3)11-13-21/h5-9,15,17H,4,10-14H2,1-3H3,(H,19,22). The van der Waals surface area contributed by atoms with Gasteiger partial charge in [0.15, 0.2) is 0 Å². The molecule has 0 spiro atoms. The average molecular weight is 303 g/mol. The first-order valence-corrected chi connectivity index (χ1v) is 8.37. The Balaban J connectivity index is 1.83. The number of hydrogen-bond donors (Lipinski definition) is 1. The molecule has 2 atom stereocenters. The van der Waals surface area contributed by atoms with Crippen molar-refractivity contribution in [2.75, 3.05) is 39.8 Å². The summed E-state index contributed by atoms with van der Waals surface area (Å²) in [6.45, 7) is 9.40. The monoisotopic (exact) mass is 303 g/mol. The lowest BCUT2D eigenvalue weighted by Gasteiger charge is -2.36. The van der Waals surface area contributed by atoms with Crippen molar-refractivity contribution in [2.45, 2.75) is 32.2 Å². The fraction of sp³-hybridized carbons (Fsp3) is 0.611. The molecule has 1 aliphatic heterocycles. The fourth-order valence-electron chi connectivity index (χ4n) is 3.02. The summed E-state index contributed by atoms with van der Waals surface area (Å²) in [5.74, 6) is 0.107. The van der Waals surface area contributed by atoms with Crippen LogP contribution in [-0.2, 0) is 4.79 Å². The summed E-state index contributed by atoms with van der Waals surface area (Å²) in [6.07, 6.45) is 0.832. The molecule has 1 aliphatic rings. The number of carbonyl (C=O) groups is 1. The van der Waals surface area contributed by atoms with Crippen LogP contribution in [0.25, 0.3) is 0 Å². The van der Waals surface area contributed by atoms with Crippen LogP contribution in [0.5, 0.6) is 0 Å². The quantitative estimate of drug-likeness (QED) is 0.872. The Kier molecular flexibility index (Phi) is 6.40. The topological polar surface area (TPSA) is 35.6 Å². The molecule has 22 heavy (non-hydrogen) atoms. The molecule has 1 aromatic carbocycles. The third-order valence-corrected chi connectivity index (χ3v) is 4.66. The van der Waals surface area contributed by atoms with E-state index in [4.69, 9.17) is 0 Å². The highest BCUT2D eigenvalue weighted by molar-refractivity contribution is 5.83. The van der Waals surface area contributed by atoms with E-state index in [1.807, 2.05) is 30.3 Å². The first-order chi connectivity index (χ1) is 10.6. The number of carbonyl (C=O) groups excluding carboxylic acids is 1. The number of rotatable bonds is 6. The molecule has 0 radical (unpaired) electrons. The maximum atomic E-state index is 12.5. The van der Waals surface area contributed by atoms with Crippen LogP contribution in [0, 0.1) is 0 Å². The van der Waals surface area contributed by atoms with E-state index < -0.39 is 0 Å². The lowest BCUT2D eigenvalue weighted by atomic mass is 9.95. The van der Waals surface area contributed by atoms with Gasteiger partial charge in [0.25, 0.3) is 0 Å². The number of nitrogens with one attached hydrogen (secondary N) is 1. The van der Waals surface area contributed by atoms with Crippen LogP contribution in [0.2, 0.25) is 0 Å². The highest BCUT2D eigenvalue weighted by Gasteiger charge is 2.22. The van der Waals surface area contributed by atoms with Crippen LogP contribution in [0.3, 0.4) is 0 Å². The molecular formula is C18H29N3O. The SMILES string of the molecule is CCC(C(=O)NCC(C)N1CCN(C)CC1)c1ccccc1. The van der Waals surface area contributed by atoms with E-state index >= 15 is 0 Å². The van der Waals surface area contributed by atoms with Gasteiger partial charge in [0, 0.05) is 38.8 Å². The largest absolute Gasteiger partial charge is 0.354 e. The number of piperazine rings is 1. The fourth-order valence-corrected chi connectivity index (χ4v) is 3.02. The lowest BCUT2D eigenvalue weighted by Crippen LogP contribution is -2.51. The molecule has 0 aliphatic carbocycles. The van der Waals surface area contributed by atoms with Crippen molar-refractivity contribution >= 4 is 5.91 Å². The Labute approximate surface area is 134 Å². The second-order valence-electron chi connectivity index (χ2n) is 6.30. The van der Waals surface area contributed by atoms with Crippen molar-refractivity contribution < 1.29 is 4.79 Å². The predicted molar refractivity (Wildman–Crippen MR) is 91.0 cm³/mol. The normalized spacial score (nSPS) is 19.6. The van der Waals surface area contributed by atoms with Gasteiger partial charge in [0.1, 0.15) is 0 Å². The molecular weight excluding hydrogens is 274 g/mol. The van der Waals surface area contributed by atoms with Gasteiger partial charge in [-0.05, 0) is 26.0 Å². The van der Waals surface area contributed by atoms with Gasteiger partial charge in [-0.2, -0.15) is 0 Å². The highest BCUT2D eigenvalue weighted by atomic mass is 16.1. The molecule has 1 saturated heterocycles. The minimum absolute atomic E-state index is 0.0408. The van der Waals surface area contributed by atoms with Gasteiger partial charge >= 0.3 is 0 Å². The van der Waals surface area contributed by atoms with Crippen molar-refractivity contribution in [3.63, 3.8) is 0 Å². The van der Waals surface area contributed by atoms with Gasteiger partial charge in [-0.15, -0.1) is 0 Å². The summed E-state index contributed by atoms with van der Waals surface area (Å²) >= 11 is 0. The van der Waals surface area contributed by atoms with Gasteiger partial charge < -0.3 is 10.2 Å². The minimum Gasteiger partial charge on any atom is -0.354 e. The lowest BCUT2D eigenvalue weighted by molar-refractivity contribution is -0.122. The summed E-state index contributed by atoms with van der Waals surface area (Å²) < 4.78 is 0. The summed E-state index contributed by atoms with van der Waals surface area (Å²) in [7, 11) is 2.16. The Morgan fingerprint density at radius 1 is 1.18 bits per heavy atom. The molecule has 1 amide bonds. The van der Waals surface area contributed by atoms with Crippen molar-refractivity contribution in [3.8, 4) is 0 Å². The van der Waals surface area contributed by atoms with Gasteiger partial charge in [-0.1, -0.05) is 37.3 Å². The Morgan fingerprint density at radius 2 is 1.82 bits per heavy atom. The second-order valence-corrected chi connectivity index (χ2v) is 6.30. The van der Waals surface area contributed by atoms with Crippen molar-refractivity contribution in [3.05, 3.63) is 35.9 Å². The first-order valence-electron chi connectivity index (χ1n) is 8.37. The third-order valence-electron chi connectivity index (χ3n) is 4.66. The Bertz CT molecular complexity index is 455. The second kappa shape index (κ2) is 8.30. The molecule has 2 rings (SSSR count). The molecule has 1 N–H and O–H groups in total. The number of nitrogens with zero attached hydrogens (tertiary/aromatic N) is 2. The van der Waals surface area contributed by atoms with Crippen LogP contribution in [0.4, 0.5) is 0 Å². The molecule has 0 aromatic heterocycles. The van der Waals surface area contributed by atoms with Gasteiger partial charge in [-0.25, -0.2) is 0 Å². The summed E-state index contributed by atoms with van der Waals surface area (Å²) in [6, 6.07) is 10.5. The first kappa shape index (κ1) is 17.0. The molecule has 1 heterocycles. The van der Waals surface area contributed by atoms with Crippen LogP contribution >= 0.6 is 0 Å². The van der Waals surface area contributed by atoms with E-state index in [0.29, 0.717) is 6.04 Å². The predicted octanol–water partition coefficient (Wildman–Crippen LogP) is 1.93. The number of likely N-dealkylation sites (N-methyl/N-ethyl adjacent to an activating group) is 1. The summed E-state index contributed by atoms with van der Waals surface area (Å²) in [4.78, 5) is 17.3. The molecule has 122 valence electrons. The van der Waals surface area contributed by atoms with Crippen LogP contribution in [0.15, 0.2) is 30.3 Å². The third kappa shape index (κ3) is 4.55. The number of amides is 1. The van der Waals surface area contributed by atoms with E-state index in [9.17, 15) is 4.79 Å². The zero-order chi connectivity index (χ0) is 15.9. The van der Waals surface area contributed by atoms with Crippen LogP contribution in [0.1, 0.15) is 31.7 Å². The Morgan fingerprint density at radius 3 is 2.41 bits per heavy atom. The van der Waals surface area contributed by atoms with Crippen molar-refractivity contribution in [1.82, 2.24) is 15.1 Å². The molecule has 0 saturated carbocycles. The average Bonchev–Trinajstić information content (AvgIpc) is 2.55. The van der Waals surface area contributed by atoms with E-state index in [-0.39, 0.29) is 11.8 Å². The van der Waals surface area contributed by atoms with E-state index in [0.717, 1.165) is 44.7 Å². The summed E-state index contributed by atoms with van der Waals surface area (Å²) in [5, 5.41) is 3.15. The van der Waals surface area contributed by atoms with E-state index in [1.54, 1.807) is 0 Å². The van der Waals surface area contributed by atoms with Gasteiger partial charge in [-0.3, -0.25) is 9.69 Å². The molecule has 4 heteroatoms. The smallest absolute Gasteiger partial charge is 0.227 e. The highest BCUT2D eigenvalue weighted by Crippen LogP contribution is 2.19. The molecule has 1 fully saturated rings. The Hall–Kier alpha value is -1.39.